The third-order valence-electron chi connectivity index (χ3n) is 4.71. The first-order valence-corrected chi connectivity index (χ1v) is 9.28. The van der Waals surface area contributed by atoms with Crippen molar-refractivity contribution in [2.45, 2.75) is 20.4 Å². The summed E-state index contributed by atoms with van der Waals surface area (Å²) >= 11 is 0. The number of benzene rings is 2. The minimum atomic E-state index is -0.167. The molecule has 6 nitrogen and oxygen atoms in total. The van der Waals surface area contributed by atoms with Crippen LogP contribution in [0.2, 0.25) is 0 Å². The fourth-order valence-corrected chi connectivity index (χ4v) is 3.11. The van der Waals surface area contributed by atoms with Crippen LogP contribution in [0.25, 0.3) is 10.9 Å². The van der Waals surface area contributed by atoms with Gasteiger partial charge in [0.2, 0.25) is 0 Å². The zero-order valence-electron chi connectivity index (χ0n) is 16.2. The van der Waals surface area contributed by atoms with Crippen LogP contribution in [-0.2, 0) is 6.54 Å². The fourth-order valence-electron chi connectivity index (χ4n) is 3.11. The van der Waals surface area contributed by atoms with Gasteiger partial charge in [0.15, 0.2) is 0 Å². The molecule has 0 aliphatic carbocycles. The first kappa shape index (κ1) is 18.6. The fraction of sp³-hybridized carbons (Fsp3) is 0.130. The molecule has 144 valence electrons. The normalized spacial score (nSPS) is 10.7. The van der Waals surface area contributed by atoms with Crippen LogP contribution in [-0.4, -0.2) is 21.1 Å². The smallest absolute Gasteiger partial charge is 0.251 e. The number of fused-ring (bicyclic) bond motifs is 1. The standard InChI is InChI=1S/C23H20N4O2/c1-15-6-7-19-20(12-15)24-10-9-22(19)29-21-5-3-4-18(16(21)2)23(28)25-13-17-8-11-26-27-14-17/h3-12,14H,13H2,1-2H3,(H,25,28). The monoisotopic (exact) mass is 384 g/mol. The number of amides is 1. The van der Waals surface area contributed by atoms with E-state index in [4.69, 9.17) is 4.74 Å². The molecule has 29 heavy (non-hydrogen) atoms. The number of pyridine rings is 1. The Morgan fingerprint density at radius 3 is 2.72 bits per heavy atom. The number of ether oxygens (including phenoxy) is 1. The predicted octanol–water partition coefficient (Wildman–Crippen LogP) is 4.36. The summed E-state index contributed by atoms with van der Waals surface area (Å²) in [6.07, 6.45) is 4.95. The van der Waals surface area contributed by atoms with Crippen LogP contribution >= 0.6 is 0 Å². The van der Waals surface area contributed by atoms with E-state index in [2.05, 4.69) is 20.5 Å². The van der Waals surface area contributed by atoms with Gasteiger partial charge in [0.25, 0.3) is 5.91 Å². The Morgan fingerprint density at radius 2 is 1.90 bits per heavy atom. The molecular weight excluding hydrogens is 364 g/mol. The van der Waals surface area contributed by atoms with Crippen LogP contribution in [0.5, 0.6) is 11.5 Å². The van der Waals surface area contributed by atoms with Crippen LogP contribution in [0.4, 0.5) is 0 Å². The lowest BCUT2D eigenvalue weighted by molar-refractivity contribution is 0.0950. The van der Waals surface area contributed by atoms with Gasteiger partial charge in [0, 0.05) is 35.5 Å². The summed E-state index contributed by atoms with van der Waals surface area (Å²) in [6.45, 7) is 4.29. The average molecular weight is 384 g/mol. The lowest BCUT2D eigenvalue weighted by atomic mass is 10.1. The number of hydrogen-bond acceptors (Lipinski definition) is 5. The highest BCUT2D eigenvalue weighted by Crippen LogP contribution is 2.32. The molecule has 4 rings (SSSR count). The van der Waals surface area contributed by atoms with Crippen LogP contribution in [0.15, 0.2) is 67.1 Å². The summed E-state index contributed by atoms with van der Waals surface area (Å²) in [6, 6.07) is 15.2. The first-order valence-electron chi connectivity index (χ1n) is 9.28. The molecule has 1 amide bonds. The molecule has 0 aliphatic rings. The number of nitrogens with one attached hydrogen (secondary N) is 1. The van der Waals surface area contributed by atoms with Gasteiger partial charge in [0.1, 0.15) is 11.5 Å². The van der Waals surface area contributed by atoms with Crippen LogP contribution in [0.3, 0.4) is 0 Å². The van der Waals surface area contributed by atoms with Gasteiger partial charge in [0.05, 0.1) is 11.7 Å². The van der Waals surface area contributed by atoms with E-state index >= 15 is 0 Å². The third-order valence-corrected chi connectivity index (χ3v) is 4.71. The molecular formula is C23H20N4O2. The number of hydrogen-bond donors (Lipinski definition) is 1. The van der Waals surface area contributed by atoms with Crippen LogP contribution in [0.1, 0.15) is 27.0 Å². The van der Waals surface area contributed by atoms with E-state index in [1.165, 1.54) is 0 Å². The summed E-state index contributed by atoms with van der Waals surface area (Å²) in [5, 5.41) is 11.4. The van der Waals surface area contributed by atoms with Gasteiger partial charge in [-0.05, 0) is 61.4 Å². The quantitative estimate of drug-likeness (QED) is 0.553. The number of aromatic nitrogens is 3. The van der Waals surface area contributed by atoms with Crippen LogP contribution < -0.4 is 10.1 Å². The van der Waals surface area contributed by atoms with Gasteiger partial charge in [-0.3, -0.25) is 9.78 Å². The topological polar surface area (TPSA) is 77.0 Å². The van der Waals surface area contributed by atoms with Gasteiger partial charge >= 0.3 is 0 Å². The van der Waals surface area contributed by atoms with Crippen LogP contribution in [0, 0.1) is 13.8 Å². The summed E-state index contributed by atoms with van der Waals surface area (Å²) in [4.78, 5) is 17.1. The molecule has 0 spiro atoms. The summed E-state index contributed by atoms with van der Waals surface area (Å²) in [7, 11) is 0. The highest BCUT2D eigenvalue weighted by molar-refractivity contribution is 5.96. The Kier molecular flexibility index (Phi) is 5.16. The van der Waals surface area contributed by atoms with Crippen molar-refractivity contribution in [2.75, 3.05) is 0 Å². The van der Waals surface area contributed by atoms with E-state index in [-0.39, 0.29) is 5.91 Å². The second kappa shape index (κ2) is 8.06. The highest BCUT2D eigenvalue weighted by Gasteiger charge is 2.14. The van der Waals surface area contributed by atoms with Gasteiger partial charge in [-0.1, -0.05) is 12.1 Å². The van der Waals surface area contributed by atoms with E-state index in [1.54, 1.807) is 24.7 Å². The van der Waals surface area contributed by atoms with E-state index < -0.39 is 0 Å². The van der Waals surface area contributed by atoms with Gasteiger partial charge in [-0.2, -0.15) is 10.2 Å². The Bertz CT molecular complexity index is 1180. The maximum atomic E-state index is 12.7. The van der Waals surface area contributed by atoms with E-state index in [1.807, 2.05) is 56.3 Å². The molecule has 0 bridgehead atoms. The molecule has 0 saturated heterocycles. The van der Waals surface area contributed by atoms with Crippen molar-refractivity contribution in [1.82, 2.24) is 20.5 Å². The minimum Gasteiger partial charge on any atom is -0.456 e. The molecule has 0 fully saturated rings. The van der Waals surface area contributed by atoms with Crippen molar-refractivity contribution in [3.05, 3.63) is 89.4 Å². The minimum absolute atomic E-state index is 0.167. The first-order chi connectivity index (χ1) is 14.1. The highest BCUT2D eigenvalue weighted by atomic mass is 16.5. The molecule has 0 unspecified atom stereocenters. The maximum Gasteiger partial charge on any atom is 0.251 e. The Balaban J connectivity index is 1.58. The van der Waals surface area contributed by atoms with Gasteiger partial charge < -0.3 is 10.1 Å². The molecule has 0 atom stereocenters. The molecule has 4 aromatic rings. The summed E-state index contributed by atoms with van der Waals surface area (Å²) < 4.78 is 6.18. The third kappa shape index (κ3) is 4.06. The average Bonchev–Trinajstić information content (AvgIpc) is 2.74. The molecule has 2 aromatic heterocycles. The Morgan fingerprint density at radius 1 is 1.00 bits per heavy atom. The van der Waals surface area contributed by atoms with Gasteiger partial charge in [-0.25, -0.2) is 0 Å². The predicted molar refractivity (Wildman–Crippen MR) is 111 cm³/mol. The molecule has 2 aromatic carbocycles. The van der Waals surface area contributed by atoms with Crippen molar-refractivity contribution in [1.29, 1.82) is 0 Å². The van der Waals surface area contributed by atoms with Crippen molar-refractivity contribution >= 4 is 16.8 Å². The van der Waals surface area contributed by atoms with Crippen molar-refractivity contribution in [3.63, 3.8) is 0 Å². The van der Waals surface area contributed by atoms with E-state index in [0.29, 0.717) is 23.6 Å². The molecule has 0 saturated carbocycles. The molecule has 6 heteroatoms. The molecule has 1 N–H and O–H groups in total. The molecule has 0 aliphatic heterocycles. The van der Waals surface area contributed by atoms with E-state index in [0.717, 1.165) is 27.6 Å². The van der Waals surface area contributed by atoms with Crippen molar-refractivity contribution < 1.29 is 9.53 Å². The lowest BCUT2D eigenvalue weighted by Crippen LogP contribution is -2.23. The zero-order chi connectivity index (χ0) is 20.2. The van der Waals surface area contributed by atoms with Gasteiger partial charge in [-0.15, -0.1) is 0 Å². The largest absolute Gasteiger partial charge is 0.456 e. The number of aryl methyl sites for hydroxylation is 1. The molecule has 2 heterocycles. The number of carbonyl (C=O) groups is 1. The zero-order valence-corrected chi connectivity index (χ0v) is 16.2. The van der Waals surface area contributed by atoms with Crippen molar-refractivity contribution in [2.24, 2.45) is 0 Å². The number of nitrogens with zero attached hydrogens (tertiary/aromatic N) is 3. The Labute approximate surface area is 168 Å². The second-order valence-corrected chi connectivity index (χ2v) is 6.79. The SMILES string of the molecule is Cc1ccc2c(Oc3cccc(C(=O)NCc4ccnnc4)c3C)ccnc2c1. The van der Waals surface area contributed by atoms with Crippen molar-refractivity contribution in [3.8, 4) is 11.5 Å². The lowest BCUT2D eigenvalue weighted by Gasteiger charge is -2.14. The second-order valence-electron chi connectivity index (χ2n) is 6.79. The summed E-state index contributed by atoms with van der Waals surface area (Å²) in [5.41, 5.74) is 4.24. The number of carbonyl (C=O) groups excluding carboxylic acids is 1. The maximum absolute atomic E-state index is 12.7. The van der Waals surface area contributed by atoms with E-state index in [9.17, 15) is 4.79 Å². The molecule has 0 radical (unpaired) electrons. The Hall–Kier alpha value is -3.80. The summed E-state index contributed by atoms with van der Waals surface area (Å²) in [5.74, 6) is 1.18. The number of rotatable bonds is 5.